The van der Waals surface area contributed by atoms with Crippen LogP contribution in [-0.4, -0.2) is 70.1 Å². The molecule has 194 valence electrons. The van der Waals surface area contributed by atoms with Gasteiger partial charge in [0.2, 0.25) is 0 Å². The van der Waals surface area contributed by atoms with E-state index in [0.717, 1.165) is 36.5 Å². The zero-order chi connectivity index (χ0) is 26.0. The molecule has 0 spiro atoms. The number of carbonyl (C=O) groups is 1. The van der Waals surface area contributed by atoms with Crippen LogP contribution in [0.25, 0.3) is 11.3 Å². The first-order valence-corrected chi connectivity index (χ1v) is 13.8. The predicted octanol–water partition coefficient (Wildman–Crippen LogP) is 3.88. The topological polar surface area (TPSA) is 95.1 Å². The number of rotatable bonds is 5. The van der Waals surface area contributed by atoms with Gasteiger partial charge in [-0.2, -0.15) is 12.7 Å². The van der Waals surface area contributed by atoms with Gasteiger partial charge in [-0.1, -0.05) is 11.6 Å². The van der Waals surface area contributed by atoms with Crippen molar-refractivity contribution in [2.45, 2.75) is 6.42 Å². The average molecular weight is 542 g/mol. The number of benzene rings is 2. The Kier molecular flexibility index (Phi) is 7.34. The maximum atomic E-state index is 13.0. The molecule has 1 N–H and O–H groups in total. The van der Waals surface area contributed by atoms with Crippen molar-refractivity contribution in [1.82, 2.24) is 9.29 Å². The number of hydrogen-bond acceptors (Lipinski definition) is 6. The van der Waals surface area contributed by atoms with Crippen molar-refractivity contribution in [3.05, 3.63) is 71.4 Å². The van der Waals surface area contributed by atoms with Gasteiger partial charge in [0.25, 0.3) is 5.91 Å². The third kappa shape index (κ3) is 5.28. The Morgan fingerprint density at radius 1 is 1.03 bits per heavy atom. The minimum atomic E-state index is -3.55. The molecule has 37 heavy (non-hydrogen) atoms. The molecule has 3 aromatic rings. The summed E-state index contributed by atoms with van der Waals surface area (Å²) in [4.78, 5) is 19.8. The molecule has 1 aromatic heterocycles. The molecular formula is C26H28ClN5O4S. The number of aromatic nitrogens is 1. The van der Waals surface area contributed by atoms with E-state index < -0.39 is 10.2 Å². The van der Waals surface area contributed by atoms with E-state index in [1.165, 1.54) is 8.61 Å². The van der Waals surface area contributed by atoms with Crippen LogP contribution in [0.5, 0.6) is 0 Å². The molecule has 0 radical (unpaired) electrons. The van der Waals surface area contributed by atoms with Crippen LogP contribution in [0.1, 0.15) is 16.8 Å². The monoisotopic (exact) mass is 541 g/mol. The molecule has 3 heterocycles. The summed E-state index contributed by atoms with van der Waals surface area (Å²) in [6.07, 6.45) is 2.46. The molecule has 5 rings (SSSR count). The Balaban J connectivity index is 1.36. The van der Waals surface area contributed by atoms with Gasteiger partial charge in [-0.15, -0.1) is 0 Å². The van der Waals surface area contributed by atoms with Gasteiger partial charge in [-0.25, -0.2) is 0 Å². The van der Waals surface area contributed by atoms with Crippen molar-refractivity contribution < 1.29 is 17.9 Å². The van der Waals surface area contributed by atoms with E-state index in [9.17, 15) is 13.2 Å². The zero-order valence-corrected chi connectivity index (χ0v) is 22.0. The molecule has 2 aliphatic heterocycles. The van der Waals surface area contributed by atoms with E-state index in [0.29, 0.717) is 48.3 Å². The number of nitrogens with zero attached hydrogens (tertiary/aromatic N) is 4. The van der Waals surface area contributed by atoms with Crippen molar-refractivity contribution in [2.75, 3.05) is 61.0 Å². The van der Waals surface area contributed by atoms with Gasteiger partial charge in [-0.3, -0.25) is 14.1 Å². The van der Waals surface area contributed by atoms with Gasteiger partial charge in [0.15, 0.2) is 0 Å². The number of nitrogens with one attached hydrogen (secondary N) is 1. The van der Waals surface area contributed by atoms with Crippen LogP contribution in [0, 0.1) is 0 Å². The fourth-order valence-electron chi connectivity index (χ4n) is 4.53. The van der Waals surface area contributed by atoms with Crippen LogP contribution in [0.2, 0.25) is 5.02 Å². The summed E-state index contributed by atoms with van der Waals surface area (Å²) < 4.78 is 33.4. The molecule has 0 atom stereocenters. The third-order valence-electron chi connectivity index (χ3n) is 6.54. The highest BCUT2D eigenvalue weighted by atomic mass is 35.5. The normalized spacial score (nSPS) is 18.0. The summed E-state index contributed by atoms with van der Waals surface area (Å²) in [5, 5.41) is 3.45. The Hall–Kier alpha value is -3.18. The summed E-state index contributed by atoms with van der Waals surface area (Å²) in [7, 11) is -1.98. The van der Waals surface area contributed by atoms with Crippen LogP contribution in [-0.2, 0) is 14.9 Å². The van der Waals surface area contributed by atoms with Gasteiger partial charge in [0.1, 0.15) is 0 Å². The lowest BCUT2D eigenvalue weighted by Crippen LogP contribution is -2.47. The maximum absolute atomic E-state index is 13.0. The lowest BCUT2D eigenvalue weighted by Gasteiger charge is -2.33. The maximum Gasteiger partial charge on any atom is 0.303 e. The minimum absolute atomic E-state index is 0.312. The molecule has 2 saturated heterocycles. The predicted molar refractivity (Wildman–Crippen MR) is 146 cm³/mol. The zero-order valence-electron chi connectivity index (χ0n) is 20.4. The summed E-state index contributed by atoms with van der Waals surface area (Å²) >= 11 is 6.57. The van der Waals surface area contributed by atoms with Gasteiger partial charge in [-0.05, 0) is 61.0 Å². The van der Waals surface area contributed by atoms with Gasteiger partial charge < -0.3 is 15.0 Å². The van der Waals surface area contributed by atoms with E-state index in [-0.39, 0.29) is 5.91 Å². The van der Waals surface area contributed by atoms with Crippen LogP contribution < -0.4 is 14.5 Å². The van der Waals surface area contributed by atoms with Crippen LogP contribution >= 0.6 is 11.6 Å². The average Bonchev–Trinajstić information content (AvgIpc) is 2.92. The molecule has 2 aliphatic rings. The van der Waals surface area contributed by atoms with Crippen LogP contribution in [0.3, 0.4) is 0 Å². The lowest BCUT2D eigenvalue weighted by atomic mass is 10.1. The number of amides is 1. The molecule has 11 heteroatoms. The fourth-order valence-corrected chi connectivity index (χ4v) is 6.18. The molecule has 0 bridgehead atoms. The van der Waals surface area contributed by atoms with Crippen LogP contribution in [0.4, 0.5) is 17.1 Å². The highest BCUT2D eigenvalue weighted by molar-refractivity contribution is 7.90. The van der Waals surface area contributed by atoms with Crippen molar-refractivity contribution in [3.8, 4) is 11.3 Å². The van der Waals surface area contributed by atoms with Gasteiger partial charge >= 0.3 is 10.2 Å². The number of carbonyl (C=O) groups excluding carboxylic acids is 1. The summed E-state index contributed by atoms with van der Waals surface area (Å²) in [6, 6.07) is 15.8. The van der Waals surface area contributed by atoms with E-state index in [1.807, 2.05) is 18.2 Å². The highest BCUT2D eigenvalue weighted by Gasteiger charge is 2.31. The number of anilines is 3. The second kappa shape index (κ2) is 10.7. The molecular weight excluding hydrogens is 514 g/mol. The first kappa shape index (κ1) is 25.5. The van der Waals surface area contributed by atoms with Gasteiger partial charge in [0, 0.05) is 56.2 Å². The Morgan fingerprint density at radius 2 is 1.78 bits per heavy atom. The van der Waals surface area contributed by atoms with Crippen molar-refractivity contribution >= 4 is 44.8 Å². The number of pyridine rings is 1. The SMILES string of the molecule is CN1CCCN(c2ccc(C(=O)Nc3ccc(Cl)c(-c4ncccc4N4CCOCC4)c3)cc2)S1(=O)=O. The Bertz CT molecular complexity index is 1390. The highest BCUT2D eigenvalue weighted by Crippen LogP contribution is 2.36. The Labute approximate surface area is 221 Å². The third-order valence-corrected chi connectivity index (χ3v) is 8.79. The van der Waals surface area contributed by atoms with E-state index in [2.05, 4.69) is 15.2 Å². The van der Waals surface area contributed by atoms with E-state index >= 15 is 0 Å². The van der Waals surface area contributed by atoms with Crippen molar-refractivity contribution in [3.63, 3.8) is 0 Å². The fraction of sp³-hybridized carbons (Fsp3) is 0.308. The second-order valence-electron chi connectivity index (χ2n) is 8.92. The standard InChI is InChI=1S/C26H28ClN5O4S/c1-30-12-3-13-32(37(30,34)35)21-8-5-19(6-9-21)26(33)29-20-7-10-23(27)22(18-20)25-24(4-2-11-28-25)31-14-16-36-17-15-31/h2,4-11,18H,3,12-17H2,1H3,(H,29,33). The first-order valence-electron chi connectivity index (χ1n) is 12.1. The molecule has 0 aliphatic carbocycles. The minimum Gasteiger partial charge on any atom is -0.378 e. The van der Waals surface area contributed by atoms with Crippen LogP contribution in [0.15, 0.2) is 60.8 Å². The summed E-state index contributed by atoms with van der Waals surface area (Å²) in [5.41, 5.74) is 3.94. The molecule has 0 unspecified atom stereocenters. The van der Waals surface area contributed by atoms with Crippen molar-refractivity contribution in [2.24, 2.45) is 0 Å². The molecule has 2 fully saturated rings. The molecule has 9 nitrogen and oxygen atoms in total. The first-order chi connectivity index (χ1) is 17.8. The van der Waals surface area contributed by atoms with E-state index in [1.54, 1.807) is 49.6 Å². The molecule has 2 aromatic carbocycles. The summed E-state index contributed by atoms with van der Waals surface area (Å²) in [5.74, 6) is -0.312. The number of halogens is 1. The number of morpholine rings is 1. The summed E-state index contributed by atoms with van der Waals surface area (Å²) in [6.45, 7) is 3.73. The van der Waals surface area contributed by atoms with Crippen molar-refractivity contribution in [1.29, 1.82) is 0 Å². The number of ether oxygens (including phenoxy) is 1. The molecule has 1 amide bonds. The van der Waals surface area contributed by atoms with E-state index in [4.69, 9.17) is 16.3 Å². The quantitative estimate of drug-likeness (QED) is 0.527. The lowest BCUT2D eigenvalue weighted by molar-refractivity contribution is 0.102. The molecule has 0 saturated carbocycles. The number of hydrogen-bond donors (Lipinski definition) is 1. The largest absolute Gasteiger partial charge is 0.378 e. The van der Waals surface area contributed by atoms with Gasteiger partial charge in [0.05, 0.1) is 35.3 Å². The second-order valence-corrected chi connectivity index (χ2v) is 11.3. The Morgan fingerprint density at radius 3 is 2.54 bits per heavy atom. The smallest absolute Gasteiger partial charge is 0.303 e.